The first-order valence-corrected chi connectivity index (χ1v) is 15.6. The Balaban J connectivity index is 1.35. The molecule has 1 aliphatic carbocycles. The van der Waals surface area contributed by atoms with E-state index in [9.17, 15) is 24.6 Å². The van der Waals surface area contributed by atoms with Crippen LogP contribution in [0, 0.1) is 5.92 Å². The molecule has 0 saturated heterocycles. The van der Waals surface area contributed by atoms with Crippen LogP contribution in [-0.2, 0) is 9.59 Å². The Hall–Kier alpha value is -2.68. The van der Waals surface area contributed by atoms with Crippen molar-refractivity contribution in [3.8, 4) is 5.75 Å². The number of hydrogen-bond donors (Lipinski definition) is 3. The maximum Gasteiger partial charge on any atom is 0.371 e. The largest absolute Gasteiger partial charge is 0.423 e. The van der Waals surface area contributed by atoms with Crippen LogP contribution in [0.15, 0.2) is 54.6 Å². The average Bonchev–Trinajstić information content (AvgIpc) is 3.30. The molecule has 7 nitrogen and oxygen atoms in total. The number of nitrogens with one attached hydrogen (secondary N) is 1. The lowest BCUT2D eigenvalue weighted by Gasteiger charge is -2.20. The zero-order valence-corrected chi connectivity index (χ0v) is 24.3. The number of carbonyl (C=O) groups is 3. The molecule has 218 valence electrons. The number of unbranched alkanes of at least 4 members (excludes halogenated alkanes) is 6. The van der Waals surface area contributed by atoms with Crippen LogP contribution in [0.1, 0.15) is 94.3 Å². The lowest BCUT2D eigenvalue weighted by Crippen LogP contribution is -2.41. The van der Waals surface area contributed by atoms with Crippen molar-refractivity contribution in [1.29, 1.82) is 0 Å². The van der Waals surface area contributed by atoms with E-state index in [1.807, 2.05) is 17.8 Å². The molecule has 8 heteroatoms. The molecule has 0 heterocycles. The predicted molar refractivity (Wildman–Crippen MR) is 159 cm³/mol. The Morgan fingerprint density at radius 2 is 1.65 bits per heavy atom. The van der Waals surface area contributed by atoms with E-state index in [1.165, 1.54) is 44.2 Å². The third kappa shape index (κ3) is 10.4. The van der Waals surface area contributed by atoms with Gasteiger partial charge < -0.3 is 20.3 Å². The number of ketones is 1. The molecule has 0 spiro atoms. The van der Waals surface area contributed by atoms with Gasteiger partial charge in [-0.15, -0.1) is 0 Å². The first-order chi connectivity index (χ1) is 19.3. The fraction of sp³-hybridized carbons (Fsp3) is 0.531. The van der Waals surface area contributed by atoms with Crippen LogP contribution in [0.2, 0.25) is 0 Å². The molecule has 3 N–H and O–H groups in total. The fourth-order valence-electron chi connectivity index (χ4n) is 4.97. The summed E-state index contributed by atoms with van der Waals surface area (Å²) in [6.45, 7) is 2.22. The smallest absolute Gasteiger partial charge is 0.371 e. The van der Waals surface area contributed by atoms with Gasteiger partial charge in [-0.1, -0.05) is 63.6 Å². The van der Waals surface area contributed by atoms with Crippen molar-refractivity contribution in [3.63, 3.8) is 0 Å². The summed E-state index contributed by atoms with van der Waals surface area (Å²) in [7, 11) is 0. The van der Waals surface area contributed by atoms with E-state index in [-0.39, 0.29) is 24.0 Å². The zero-order chi connectivity index (χ0) is 28.8. The first kappa shape index (κ1) is 31.8. The van der Waals surface area contributed by atoms with Crippen LogP contribution in [0.25, 0.3) is 0 Å². The summed E-state index contributed by atoms with van der Waals surface area (Å²) in [5.41, 5.74) is 1.03. The number of Topliss-reactive ketones (excluding diaryl/α,β-unsaturated/α-hetero) is 1. The minimum atomic E-state index is -2.60. The van der Waals surface area contributed by atoms with Crippen LogP contribution in [0.3, 0.4) is 0 Å². The van der Waals surface area contributed by atoms with E-state index in [2.05, 4.69) is 12.2 Å². The van der Waals surface area contributed by atoms with Gasteiger partial charge in [0.2, 0.25) is 0 Å². The van der Waals surface area contributed by atoms with Gasteiger partial charge in [0.25, 0.3) is 11.7 Å². The number of ether oxygens (including phenoxy) is 1. The van der Waals surface area contributed by atoms with Gasteiger partial charge in [-0.25, -0.2) is 4.79 Å². The average molecular weight is 570 g/mol. The SMILES string of the molecule is CCCCCCCS[C@H]1CCC(=O)[C@@H]1CCCCCC(O)(O)C(=O)Oc1ccc(NC(=O)c2ccccc2)cc1. The number of rotatable bonds is 17. The molecule has 3 rings (SSSR count). The van der Waals surface area contributed by atoms with E-state index in [0.717, 1.165) is 25.0 Å². The van der Waals surface area contributed by atoms with Crippen molar-refractivity contribution in [3.05, 3.63) is 60.2 Å². The highest BCUT2D eigenvalue weighted by molar-refractivity contribution is 7.99. The molecule has 1 amide bonds. The number of aliphatic hydroxyl groups is 2. The van der Waals surface area contributed by atoms with Gasteiger partial charge in [-0.2, -0.15) is 11.8 Å². The molecule has 40 heavy (non-hydrogen) atoms. The number of amides is 1. The molecule has 2 aromatic carbocycles. The van der Waals surface area contributed by atoms with Crippen LogP contribution >= 0.6 is 11.8 Å². The standard InChI is InChI=1S/C32H43NO6S/c1-2-3-4-5-12-23-40-29-21-20-28(34)27(29)15-10-7-11-22-32(37,38)31(36)39-26-18-16-25(17-19-26)33-30(35)24-13-8-6-9-14-24/h6,8-9,13-14,16-19,27,29,37-38H,2-5,7,10-12,15,20-23H2,1H3,(H,33,35)/t27-,29-/m0/s1. The van der Waals surface area contributed by atoms with Gasteiger partial charge in [0.05, 0.1) is 0 Å². The molecule has 1 aliphatic rings. The summed E-state index contributed by atoms with van der Waals surface area (Å²) in [6.07, 6.45) is 10.5. The molecular formula is C32H43NO6S. The molecule has 1 saturated carbocycles. The Bertz CT molecular complexity index is 1070. The molecule has 0 aliphatic heterocycles. The summed E-state index contributed by atoms with van der Waals surface area (Å²) in [5, 5.41) is 23.7. The van der Waals surface area contributed by atoms with E-state index in [0.29, 0.717) is 41.5 Å². The molecule has 0 aromatic heterocycles. The van der Waals surface area contributed by atoms with E-state index >= 15 is 0 Å². The second kappa shape index (κ2) is 16.6. The van der Waals surface area contributed by atoms with Crippen molar-refractivity contribution in [2.45, 2.75) is 95.0 Å². The van der Waals surface area contributed by atoms with Crippen molar-refractivity contribution in [1.82, 2.24) is 0 Å². The molecule has 1 fully saturated rings. The quantitative estimate of drug-likeness (QED) is 0.0859. The van der Waals surface area contributed by atoms with Crippen molar-refractivity contribution >= 4 is 35.1 Å². The number of thioether (sulfide) groups is 1. The van der Waals surface area contributed by atoms with Crippen LogP contribution in [-0.4, -0.2) is 44.7 Å². The summed E-state index contributed by atoms with van der Waals surface area (Å²) >= 11 is 1.95. The number of hydrogen-bond acceptors (Lipinski definition) is 7. The molecule has 0 radical (unpaired) electrons. The van der Waals surface area contributed by atoms with Gasteiger partial charge in [0.15, 0.2) is 0 Å². The van der Waals surface area contributed by atoms with Crippen LogP contribution in [0.5, 0.6) is 5.75 Å². The monoisotopic (exact) mass is 569 g/mol. The normalized spacial score (nSPS) is 17.1. The topological polar surface area (TPSA) is 113 Å². The second-order valence-electron chi connectivity index (χ2n) is 10.6. The minimum Gasteiger partial charge on any atom is -0.423 e. The Labute approximate surface area is 242 Å². The summed E-state index contributed by atoms with van der Waals surface area (Å²) in [6, 6.07) is 14.9. The third-order valence-electron chi connectivity index (χ3n) is 7.34. The molecular weight excluding hydrogens is 526 g/mol. The van der Waals surface area contributed by atoms with Crippen molar-refractivity contribution in [2.24, 2.45) is 5.92 Å². The van der Waals surface area contributed by atoms with Crippen molar-refractivity contribution in [2.75, 3.05) is 11.1 Å². The van der Waals surface area contributed by atoms with Crippen LogP contribution < -0.4 is 10.1 Å². The maximum atomic E-state index is 12.4. The fourth-order valence-corrected chi connectivity index (χ4v) is 6.45. The van der Waals surface area contributed by atoms with Crippen LogP contribution in [0.4, 0.5) is 5.69 Å². The highest BCUT2D eigenvalue weighted by atomic mass is 32.2. The highest BCUT2D eigenvalue weighted by Gasteiger charge is 2.36. The Morgan fingerprint density at radius 3 is 2.38 bits per heavy atom. The number of benzene rings is 2. The van der Waals surface area contributed by atoms with Crippen molar-refractivity contribution < 1.29 is 29.3 Å². The summed E-state index contributed by atoms with van der Waals surface area (Å²) < 4.78 is 5.16. The van der Waals surface area contributed by atoms with Gasteiger partial charge in [0, 0.05) is 35.3 Å². The second-order valence-corrected chi connectivity index (χ2v) is 11.9. The molecule has 2 aromatic rings. The highest BCUT2D eigenvalue weighted by Crippen LogP contribution is 2.36. The van der Waals surface area contributed by atoms with E-state index < -0.39 is 11.8 Å². The number of carbonyl (C=O) groups excluding carboxylic acids is 3. The van der Waals surface area contributed by atoms with E-state index in [4.69, 9.17) is 4.74 Å². The van der Waals surface area contributed by atoms with Gasteiger partial charge in [0.1, 0.15) is 11.5 Å². The number of esters is 1. The predicted octanol–water partition coefficient (Wildman–Crippen LogP) is 6.53. The molecule has 0 bridgehead atoms. The van der Waals surface area contributed by atoms with Gasteiger partial charge in [-0.05, 0) is 67.8 Å². The minimum absolute atomic E-state index is 0.0964. The summed E-state index contributed by atoms with van der Waals surface area (Å²) in [4.78, 5) is 37.1. The Kier molecular flexibility index (Phi) is 13.2. The lowest BCUT2D eigenvalue weighted by atomic mass is 9.97. The molecule has 0 unspecified atom stereocenters. The van der Waals surface area contributed by atoms with Gasteiger partial charge >= 0.3 is 5.97 Å². The Morgan fingerprint density at radius 1 is 0.950 bits per heavy atom. The summed E-state index contributed by atoms with van der Waals surface area (Å²) in [5.74, 6) is -2.30. The molecule has 2 atom stereocenters. The number of anilines is 1. The first-order valence-electron chi connectivity index (χ1n) is 14.6. The van der Waals surface area contributed by atoms with Gasteiger partial charge in [-0.3, -0.25) is 9.59 Å². The maximum absolute atomic E-state index is 12.4. The third-order valence-corrected chi connectivity index (χ3v) is 8.86. The zero-order valence-electron chi connectivity index (χ0n) is 23.5. The lowest BCUT2D eigenvalue weighted by molar-refractivity contribution is -0.202. The van der Waals surface area contributed by atoms with E-state index in [1.54, 1.807) is 36.4 Å².